The van der Waals surface area contributed by atoms with Crippen LogP contribution in [-0.4, -0.2) is 29.9 Å². The van der Waals surface area contributed by atoms with Gasteiger partial charge in [0.1, 0.15) is 0 Å². The normalized spacial score (nSPS) is 14.3. The van der Waals surface area contributed by atoms with E-state index in [-0.39, 0.29) is 11.6 Å². The topological polar surface area (TPSA) is 52.6 Å². The SMILES string of the molecule is Cc1ccc(N2CCCN(Cc3ccccc3)C2=O)c(NC(=O)c2cccc(C(F)(F)F)c2)c1. The summed E-state index contributed by atoms with van der Waals surface area (Å²) in [5.41, 5.74) is 1.73. The lowest BCUT2D eigenvalue weighted by atomic mass is 10.1. The largest absolute Gasteiger partial charge is 0.416 e. The second-order valence-electron chi connectivity index (χ2n) is 8.25. The van der Waals surface area contributed by atoms with Crippen molar-refractivity contribution in [3.8, 4) is 0 Å². The minimum atomic E-state index is -4.55. The number of hydrogen-bond acceptors (Lipinski definition) is 2. The molecule has 3 aromatic rings. The zero-order valence-corrected chi connectivity index (χ0v) is 18.6. The molecule has 0 bridgehead atoms. The third-order valence-electron chi connectivity index (χ3n) is 5.67. The Morgan fingerprint density at radius 2 is 1.74 bits per heavy atom. The van der Waals surface area contributed by atoms with Gasteiger partial charge in [-0.1, -0.05) is 42.5 Å². The summed E-state index contributed by atoms with van der Waals surface area (Å²) in [5, 5.41) is 2.71. The minimum Gasteiger partial charge on any atom is -0.320 e. The molecule has 3 aromatic carbocycles. The van der Waals surface area contributed by atoms with E-state index in [1.807, 2.05) is 43.3 Å². The van der Waals surface area contributed by atoms with E-state index in [2.05, 4.69) is 5.32 Å². The summed E-state index contributed by atoms with van der Waals surface area (Å²) in [4.78, 5) is 29.5. The molecule has 1 aliphatic heterocycles. The van der Waals surface area contributed by atoms with Crippen molar-refractivity contribution in [1.29, 1.82) is 0 Å². The van der Waals surface area contributed by atoms with Gasteiger partial charge in [0.05, 0.1) is 16.9 Å². The number of nitrogens with zero attached hydrogens (tertiary/aromatic N) is 2. The highest BCUT2D eigenvalue weighted by Crippen LogP contribution is 2.32. The number of rotatable bonds is 5. The summed E-state index contributed by atoms with van der Waals surface area (Å²) in [6.07, 6.45) is -3.80. The van der Waals surface area contributed by atoms with Crippen LogP contribution in [0.3, 0.4) is 0 Å². The van der Waals surface area contributed by atoms with Crippen LogP contribution in [0.4, 0.5) is 29.3 Å². The van der Waals surface area contributed by atoms with Crippen molar-refractivity contribution in [3.63, 3.8) is 0 Å². The van der Waals surface area contributed by atoms with Crippen LogP contribution in [-0.2, 0) is 12.7 Å². The van der Waals surface area contributed by atoms with Crippen LogP contribution in [0.25, 0.3) is 0 Å². The van der Waals surface area contributed by atoms with Gasteiger partial charge >= 0.3 is 12.2 Å². The molecular weight excluding hydrogens is 443 g/mol. The number of carbonyl (C=O) groups is 2. The van der Waals surface area contributed by atoms with Crippen molar-refractivity contribution in [2.75, 3.05) is 23.3 Å². The first-order valence-electron chi connectivity index (χ1n) is 10.9. The molecule has 0 spiro atoms. The Balaban J connectivity index is 1.58. The summed E-state index contributed by atoms with van der Waals surface area (Å²) in [6.45, 7) is 3.39. The molecule has 0 saturated carbocycles. The maximum absolute atomic E-state index is 13.3. The number of alkyl halides is 3. The summed E-state index contributed by atoms with van der Waals surface area (Å²) in [7, 11) is 0. The molecule has 1 fully saturated rings. The van der Waals surface area contributed by atoms with E-state index in [4.69, 9.17) is 0 Å². The van der Waals surface area contributed by atoms with Gasteiger partial charge in [-0.15, -0.1) is 0 Å². The molecule has 0 atom stereocenters. The Kier molecular flexibility index (Phi) is 6.58. The number of nitrogens with one attached hydrogen (secondary N) is 1. The fourth-order valence-corrected chi connectivity index (χ4v) is 3.97. The number of urea groups is 1. The predicted octanol–water partition coefficient (Wildman–Crippen LogP) is 6.10. The number of anilines is 2. The lowest BCUT2D eigenvalue weighted by Gasteiger charge is -2.36. The van der Waals surface area contributed by atoms with Crippen LogP contribution in [0.5, 0.6) is 0 Å². The molecule has 4 rings (SSSR count). The van der Waals surface area contributed by atoms with Crippen LogP contribution < -0.4 is 10.2 Å². The molecule has 1 heterocycles. The summed E-state index contributed by atoms with van der Waals surface area (Å²) >= 11 is 0. The van der Waals surface area contributed by atoms with Crippen LogP contribution in [0.15, 0.2) is 72.8 Å². The van der Waals surface area contributed by atoms with E-state index in [0.717, 1.165) is 29.7 Å². The highest BCUT2D eigenvalue weighted by molar-refractivity contribution is 6.07. The first-order valence-corrected chi connectivity index (χ1v) is 10.9. The second-order valence-corrected chi connectivity index (χ2v) is 8.25. The van der Waals surface area contributed by atoms with Gasteiger partial charge in [-0.25, -0.2) is 4.79 Å². The van der Waals surface area contributed by atoms with Crippen molar-refractivity contribution in [1.82, 2.24) is 4.90 Å². The molecule has 1 aliphatic rings. The Hall–Kier alpha value is -3.81. The molecule has 0 aromatic heterocycles. The number of aryl methyl sites for hydroxylation is 1. The van der Waals surface area contributed by atoms with Gasteiger partial charge in [0.15, 0.2) is 0 Å². The van der Waals surface area contributed by atoms with Gasteiger partial charge in [-0.2, -0.15) is 13.2 Å². The number of carbonyl (C=O) groups excluding carboxylic acids is 2. The smallest absolute Gasteiger partial charge is 0.320 e. The van der Waals surface area contributed by atoms with E-state index in [0.29, 0.717) is 31.0 Å². The lowest BCUT2D eigenvalue weighted by molar-refractivity contribution is -0.137. The standard InChI is InChI=1S/C26H24F3N3O2/c1-18-11-12-23(32-14-6-13-31(25(32)34)17-19-7-3-2-4-8-19)22(15-18)30-24(33)20-9-5-10-21(16-20)26(27,28)29/h2-5,7-12,15-16H,6,13-14,17H2,1H3,(H,30,33). The van der Waals surface area contributed by atoms with E-state index in [1.165, 1.54) is 12.1 Å². The van der Waals surface area contributed by atoms with Crippen molar-refractivity contribution in [2.45, 2.75) is 26.1 Å². The Morgan fingerprint density at radius 1 is 0.971 bits per heavy atom. The van der Waals surface area contributed by atoms with Gasteiger partial charge < -0.3 is 10.2 Å². The predicted molar refractivity (Wildman–Crippen MR) is 125 cm³/mol. The maximum atomic E-state index is 13.3. The molecule has 3 amide bonds. The third-order valence-corrected chi connectivity index (χ3v) is 5.67. The molecule has 5 nitrogen and oxygen atoms in total. The molecule has 1 N–H and O–H groups in total. The minimum absolute atomic E-state index is 0.113. The van der Waals surface area contributed by atoms with Crippen molar-refractivity contribution < 1.29 is 22.8 Å². The third kappa shape index (κ3) is 5.22. The lowest BCUT2D eigenvalue weighted by Crippen LogP contribution is -2.49. The number of halogens is 3. The fraction of sp³-hybridized carbons (Fsp3) is 0.231. The summed E-state index contributed by atoms with van der Waals surface area (Å²) in [6, 6.07) is 19.0. The van der Waals surface area contributed by atoms with Crippen molar-refractivity contribution >= 4 is 23.3 Å². The average Bonchev–Trinajstić information content (AvgIpc) is 2.81. The Morgan fingerprint density at radius 3 is 2.47 bits per heavy atom. The molecule has 1 saturated heterocycles. The summed E-state index contributed by atoms with van der Waals surface area (Å²) < 4.78 is 39.2. The van der Waals surface area contributed by atoms with Crippen LogP contribution in [0, 0.1) is 6.92 Å². The second kappa shape index (κ2) is 9.59. The maximum Gasteiger partial charge on any atom is 0.416 e. The zero-order valence-electron chi connectivity index (χ0n) is 18.6. The molecule has 8 heteroatoms. The van der Waals surface area contributed by atoms with E-state index in [9.17, 15) is 22.8 Å². The van der Waals surface area contributed by atoms with Crippen molar-refractivity contribution in [3.05, 3.63) is 95.1 Å². The van der Waals surface area contributed by atoms with Gasteiger partial charge in [0, 0.05) is 25.2 Å². The highest BCUT2D eigenvalue weighted by Gasteiger charge is 2.31. The average molecular weight is 467 g/mol. The molecule has 176 valence electrons. The quantitative estimate of drug-likeness (QED) is 0.493. The molecule has 0 unspecified atom stereocenters. The molecule has 0 radical (unpaired) electrons. The van der Waals surface area contributed by atoms with Crippen LogP contribution >= 0.6 is 0 Å². The Labute approximate surface area is 195 Å². The van der Waals surface area contributed by atoms with Gasteiger partial charge in [0.25, 0.3) is 5.91 Å². The summed E-state index contributed by atoms with van der Waals surface area (Å²) in [5.74, 6) is -0.677. The van der Waals surface area contributed by atoms with Crippen LogP contribution in [0.2, 0.25) is 0 Å². The van der Waals surface area contributed by atoms with E-state index < -0.39 is 17.6 Å². The molecular formula is C26H24F3N3O2. The number of hydrogen-bond donors (Lipinski definition) is 1. The number of amides is 3. The van der Waals surface area contributed by atoms with Gasteiger partial charge in [-0.05, 0) is 54.8 Å². The fourth-order valence-electron chi connectivity index (χ4n) is 3.97. The Bertz CT molecular complexity index is 1200. The van der Waals surface area contributed by atoms with E-state index in [1.54, 1.807) is 21.9 Å². The molecule has 0 aliphatic carbocycles. The molecule has 34 heavy (non-hydrogen) atoms. The van der Waals surface area contributed by atoms with Crippen LogP contribution in [0.1, 0.15) is 33.5 Å². The van der Waals surface area contributed by atoms with Gasteiger partial charge in [0.2, 0.25) is 0 Å². The van der Waals surface area contributed by atoms with E-state index >= 15 is 0 Å². The monoisotopic (exact) mass is 467 g/mol. The highest BCUT2D eigenvalue weighted by atomic mass is 19.4. The van der Waals surface area contributed by atoms with Crippen molar-refractivity contribution in [2.24, 2.45) is 0 Å². The first-order chi connectivity index (χ1) is 16.2. The zero-order chi connectivity index (χ0) is 24.3. The van der Waals surface area contributed by atoms with Gasteiger partial charge in [-0.3, -0.25) is 9.69 Å². The number of benzene rings is 3. The first kappa shape index (κ1) is 23.4.